The van der Waals surface area contributed by atoms with Crippen LogP contribution >= 0.6 is 0 Å². The molecule has 0 atom stereocenters. The maximum atomic E-state index is 5.59. The summed E-state index contributed by atoms with van der Waals surface area (Å²) >= 11 is 0. The molecule has 0 radical (unpaired) electrons. The van der Waals surface area contributed by atoms with Crippen LogP contribution in [-0.4, -0.2) is 13.2 Å². The van der Waals surface area contributed by atoms with E-state index in [4.69, 9.17) is 14.5 Å². The van der Waals surface area contributed by atoms with Gasteiger partial charge in [0.05, 0.1) is 0 Å². The van der Waals surface area contributed by atoms with Crippen molar-refractivity contribution >= 4 is 0 Å². The number of benzene rings is 2. The summed E-state index contributed by atoms with van der Waals surface area (Å²) in [4.78, 5) is 10.3. The van der Waals surface area contributed by atoms with E-state index in [0.29, 0.717) is 19.0 Å². The minimum Gasteiger partial charge on any atom is -0.491 e. The SMILES string of the molecule is CC1(C)c2ccc(cc2)OCCOOc2ccc1cc2. The molecule has 0 aromatic heterocycles. The summed E-state index contributed by atoms with van der Waals surface area (Å²) in [5, 5.41) is 0. The largest absolute Gasteiger partial charge is 0.491 e. The van der Waals surface area contributed by atoms with Crippen LogP contribution in [-0.2, 0) is 10.3 Å². The van der Waals surface area contributed by atoms with E-state index in [9.17, 15) is 0 Å². The predicted octanol–water partition coefficient (Wildman–Crippen LogP) is 3.72. The molecule has 0 saturated heterocycles. The van der Waals surface area contributed by atoms with Crippen LogP contribution in [0.3, 0.4) is 0 Å². The third-order valence-electron chi connectivity index (χ3n) is 3.74. The topological polar surface area (TPSA) is 27.7 Å². The van der Waals surface area contributed by atoms with Gasteiger partial charge in [0.1, 0.15) is 19.0 Å². The Kier molecular flexibility index (Phi) is 3.36. The summed E-state index contributed by atoms with van der Waals surface area (Å²) < 4.78 is 5.59. The summed E-state index contributed by atoms with van der Waals surface area (Å²) in [5.41, 5.74) is 2.42. The molecule has 4 aliphatic rings. The molecule has 0 N–H and O–H groups in total. The lowest BCUT2D eigenvalue weighted by molar-refractivity contribution is -0.210. The number of ether oxygens (including phenoxy) is 1. The van der Waals surface area contributed by atoms with Gasteiger partial charge in [-0.15, -0.1) is 0 Å². The van der Waals surface area contributed by atoms with Crippen molar-refractivity contribution in [1.29, 1.82) is 0 Å². The predicted molar refractivity (Wildman–Crippen MR) is 77.1 cm³/mol. The summed E-state index contributed by atoms with van der Waals surface area (Å²) in [7, 11) is 0. The summed E-state index contributed by atoms with van der Waals surface area (Å²) in [6.07, 6.45) is 0. The zero-order valence-electron chi connectivity index (χ0n) is 11.8. The lowest BCUT2D eigenvalue weighted by Gasteiger charge is -2.26. The summed E-state index contributed by atoms with van der Waals surface area (Å²) in [5.74, 6) is 1.55. The molecular formula is C17H18O3. The molecule has 104 valence electrons. The van der Waals surface area contributed by atoms with Crippen molar-refractivity contribution < 1.29 is 14.5 Å². The monoisotopic (exact) mass is 270 g/mol. The first-order chi connectivity index (χ1) is 9.66. The van der Waals surface area contributed by atoms with Crippen LogP contribution in [0.5, 0.6) is 11.5 Å². The van der Waals surface area contributed by atoms with Crippen molar-refractivity contribution in [1.82, 2.24) is 0 Å². The Balaban J connectivity index is 2.03. The van der Waals surface area contributed by atoms with Gasteiger partial charge in [-0.05, 0) is 35.4 Å². The van der Waals surface area contributed by atoms with Gasteiger partial charge in [-0.2, -0.15) is 4.89 Å². The van der Waals surface area contributed by atoms with Crippen LogP contribution < -0.4 is 9.62 Å². The van der Waals surface area contributed by atoms with E-state index in [1.807, 2.05) is 24.3 Å². The Morgan fingerprint density at radius 2 is 1.30 bits per heavy atom. The van der Waals surface area contributed by atoms with Gasteiger partial charge in [0.15, 0.2) is 5.75 Å². The van der Waals surface area contributed by atoms with Gasteiger partial charge in [0.25, 0.3) is 0 Å². The van der Waals surface area contributed by atoms with Gasteiger partial charge in [0, 0.05) is 5.41 Å². The Hall–Kier alpha value is -2.00. The summed E-state index contributed by atoms with van der Waals surface area (Å²) in [6.45, 7) is 5.26. The van der Waals surface area contributed by atoms with E-state index in [1.54, 1.807) is 0 Å². The van der Waals surface area contributed by atoms with E-state index in [2.05, 4.69) is 38.1 Å². The van der Waals surface area contributed by atoms with E-state index in [-0.39, 0.29) is 5.41 Å². The second kappa shape index (κ2) is 5.17. The molecule has 20 heavy (non-hydrogen) atoms. The third kappa shape index (κ3) is 2.49. The van der Waals surface area contributed by atoms with Gasteiger partial charge in [0.2, 0.25) is 0 Å². The van der Waals surface area contributed by atoms with E-state index in [1.165, 1.54) is 11.1 Å². The zero-order chi connectivity index (χ0) is 14.0. The fourth-order valence-corrected chi connectivity index (χ4v) is 2.36. The highest BCUT2D eigenvalue weighted by Crippen LogP contribution is 2.33. The average molecular weight is 270 g/mol. The molecule has 0 fully saturated rings. The zero-order valence-corrected chi connectivity index (χ0v) is 11.8. The van der Waals surface area contributed by atoms with Gasteiger partial charge in [-0.25, -0.2) is 0 Å². The normalized spacial score (nSPS) is 17.1. The van der Waals surface area contributed by atoms with Crippen LogP contribution in [0.15, 0.2) is 48.5 Å². The molecule has 0 amide bonds. The number of rotatable bonds is 0. The molecule has 3 heteroatoms. The molecule has 4 aliphatic heterocycles. The Morgan fingerprint density at radius 1 is 0.750 bits per heavy atom. The highest BCUT2D eigenvalue weighted by atomic mass is 17.2. The number of hydrogen-bond donors (Lipinski definition) is 0. The third-order valence-corrected chi connectivity index (χ3v) is 3.74. The first-order valence-electron chi connectivity index (χ1n) is 6.79. The fourth-order valence-electron chi connectivity index (χ4n) is 2.36. The lowest BCUT2D eigenvalue weighted by Crippen LogP contribution is -2.19. The van der Waals surface area contributed by atoms with Crippen molar-refractivity contribution in [2.45, 2.75) is 19.3 Å². The molecule has 4 heterocycles. The van der Waals surface area contributed by atoms with Gasteiger partial charge >= 0.3 is 0 Å². The Morgan fingerprint density at radius 3 is 1.90 bits per heavy atom. The minimum absolute atomic E-state index is 0.0674. The molecule has 0 spiro atoms. The maximum absolute atomic E-state index is 5.59. The molecule has 0 unspecified atom stereocenters. The van der Waals surface area contributed by atoms with Crippen molar-refractivity contribution in [2.24, 2.45) is 0 Å². The Labute approximate surface area is 119 Å². The first-order valence-corrected chi connectivity index (χ1v) is 6.79. The number of hydrogen-bond acceptors (Lipinski definition) is 3. The molecule has 0 aliphatic carbocycles. The van der Waals surface area contributed by atoms with E-state index < -0.39 is 0 Å². The first kappa shape index (κ1) is 13.0. The van der Waals surface area contributed by atoms with Crippen molar-refractivity contribution in [3.05, 3.63) is 59.7 Å². The van der Waals surface area contributed by atoms with Crippen LogP contribution in [0.2, 0.25) is 0 Å². The highest BCUT2D eigenvalue weighted by molar-refractivity contribution is 5.41. The molecule has 0 saturated carbocycles. The smallest absolute Gasteiger partial charge is 0.165 e. The molecule has 4 bridgehead atoms. The highest BCUT2D eigenvalue weighted by Gasteiger charge is 2.23. The molecule has 3 nitrogen and oxygen atoms in total. The quantitative estimate of drug-likeness (QED) is 0.683. The van der Waals surface area contributed by atoms with Gasteiger partial charge in [-0.3, -0.25) is 0 Å². The van der Waals surface area contributed by atoms with E-state index >= 15 is 0 Å². The van der Waals surface area contributed by atoms with E-state index in [0.717, 1.165) is 5.75 Å². The van der Waals surface area contributed by atoms with Crippen LogP contribution in [0.1, 0.15) is 25.0 Å². The molecule has 6 rings (SSSR count). The molecule has 2 aromatic carbocycles. The second-order valence-electron chi connectivity index (χ2n) is 5.43. The maximum Gasteiger partial charge on any atom is 0.165 e. The summed E-state index contributed by atoms with van der Waals surface area (Å²) in [6, 6.07) is 16.2. The lowest BCUT2D eigenvalue weighted by atomic mass is 9.78. The second-order valence-corrected chi connectivity index (χ2v) is 5.43. The van der Waals surface area contributed by atoms with Gasteiger partial charge < -0.3 is 9.62 Å². The van der Waals surface area contributed by atoms with Crippen molar-refractivity contribution in [3.63, 3.8) is 0 Å². The van der Waals surface area contributed by atoms with Crippen LogP contribution in [0, 0.1) is 0 Å². The molecular weight excluding hydrogens is 252 g/mol. The van der Waals surface area contributed by atoms with Crippen LogP contribution in [0.4, 0.5) is 0 Å². The minimum atomic E-state index is -0.0674. The Bertz CT molecular complexity index is 519. The standard InChI is InChI=1S/C17H18O3/c1-17(2)13-3-7-15(8-4-13)18-11-12-19-20-16-9-5-14(17)6-10-16/h3-10H,11-12H2,1-2H3. The molecule has 2 aromatic rings. The van der Waals surface area contributed by atoms with Crippen LogP contribution in [0.25, 0.3) is 0 Å². The fraction of sp³-hybridized carbons (Fsp3) is 0.294. The van der Waals surface area contributed by atoms with Gasteiger partial charge in [-0.1, -0.05) is 38.1 Å². The van der Waals surface area contributed by atoms with Crippen molar-refractivity contribution in [2.75, 3.05) is 13.2 Å². The average Bonchev–Trinajstić information content (AvgIpc) is 2.47. The van der Waals surface area contributed by atoms with Crippen molar-refractivity contribution in [3.8, 4) is 11.5 Å².